The summed E-state index contributed by atoms with van der Waals surface area (Å²) in [5.41, 5.74) is 2.04. The van der Waals surface area contributed by atoms with Crippen molar-refractivity contribution in [1.29, 1.82) is 0 Å². The molecule has 2 rings (SSSR count). The molecule has 0 radical (unpaired) electrons. The molecule has 3 heteroatoms. The van der Waals surface area contributed by atoms with Gasteiger partial charge in [-0.1, -0.05) is 48.5 Å². The summed E-state index contributed by atoms with van der Waals surface area (Å²) in [6, 6.07) is 17.1. The lowest BCUT2D eigenvalue weighted by Crippen LogP contribution is -1.97. The minimum Gasteiger partial charge on any atom is -0.302 e. The highest BCUT2D eigenvalue weighted by molar-refractivity contribution is 7.79. The molecule has 2 nitrogen and oxygen atoms in total. The Balaban J connectivity index is 2.31. The van der Waals surface area contributed by atoms with E-state index in [1.54, 1.807) is 12.1 Å². The van der Waals surface area contributed by atoms with Crippen LogP contribution in [0.2, 0.25) is 0 Å². The Morgan fingerprint density at radius 3 is 2.25 bits per heavy atom. The van der Waals surface area contributed by atoms with Crippen molar-refractivity contribution in [2.24, 2.45) is 0 Å². The van der Waals surface area contributed by atoms with E-state index in [4.69, 9.17) is 4.55 Å². The normalized spacial score (nSPS) is 12.3. The molecule has 0 bridgehead atoms. The van der Waals surface area contributed by atoms with Gasteiger partial charge in [0.2, 0.25) is 0 Å². The summed E-state index contributed by atoms with van der Waals surface area (Å²) < 4.78 is 20.3. The smallest absolute Gasteiger partial charge is 0.186 e. The fourth-order valence-electron chi connectivity index (χ4n) is 1.64. The molecule has 0 amide bonds. The molecule has 16 heavy (non-hydrogen) atoms. The average Bonchev–Trinajstić information content (AvgIpc) is 2.31. The SMILES string of the molecule is O=S(O)c1ccccc1Cc1ccccc1. The van der Waals surface area contributed by atoms with Crippen LogP contribution in [-0.4, -0.2) is 8.76 Å². The van der Waals surface area contributed by atoms with Gasteiger partial charge in [-0.25, -0.2) is 4.21 Å². The Kier molecular flexibility index (Phi) is 3.49. The van der Waals surface area contributed by atoms with Gasteiger partial charge in [-0.15, -0.1) is 0 Å². The van der Waals surface area contributed by atoms with Gasteiger partial charge in [-0.3, -0.25) is 0 Å². The number of hydrogen-bond donors (Lipinski definition) is 1. The molecule has 0 aliphatic rings. The van der Waals surface area contributed by atoms with Crippen LogP contribution in [0.1, 0.15) is 11.1 Å². The lowest BCUT2D eigenvalue weighted by molar-refractivity contribution is 0.563. The maximum Gasteiger partial charge on any atom is 0.186 e. The van der Waals surface area contributed by atoms with Crippen LogP contribution in [0.15, 0.2) is 59.5 Å². The van der Waals surface area contributed by atoms with Crippen LogP contribution in [0.25, 0.3) is 0 Å². The Morgan fingerprint density at radius 2 is 1.56 bits per heavy atom. The summed E-state index contributed by atoms with van der Waals surface area (Å²) in [5, 5.41) is 0. The fraction of sp³-hybridized carbons (Fsp3) is 0.0769. The second-order valence-electron chi connectivity index (χ2n) is 3.52. The van der Waals surface area contributed by atoms with Gasteiger partial charge in [0, 0.05) is 0 Å². The first-order valence-electron chi connectivity index (χ1n) is 5.00. The summed E-state index contributed by atoms with van der Waals surface area (Å²) in [7, 11) is 0. The van der Waals surface area contributed by atoms with E-state index in [2.05, 4.69) is 0 Å². The first-order chi connectivity index (χ1) is 7.77. The van der Waals surface area contributed by atoms with Crippen LogP contribution < -0.4 is 0 Å². The van der Waals surface area contributed by atoms with Gasteiger partial charge in [0.1, 0.15) is 0 Å². The molecule has 0 aliphatic carbocycles. The lowest BCUT2D eigenvalue weighted by atomic mass is 10.1. The zero-order chi connectivity index (χ0) is 11.4. The largest absolute Gasteiger partial charge is 0.302 e. The van der Waals surface area contributed by atoms with Crippen molar-refractivity contribution in [3.05, 3.63) is 65.7 Å². The maximum atomic E-state index is 11.1. The van der Waals surface area contributed by atoms with Crippen LogP contribution >= 0.6 is 0 Å². The first-order valence-corrected chi connectivity index (χ1v) is 6.11. The minimum absolute atomic E-state index is 0.492. The molecular weight excluding hydrogens is 220 g/mol. The highest BCUT2D eigenvalue weighted by atomic mass is 32.2. The Bertz CT molecular complexity index is 494. The minimum atomic E-state index is -1.91. The molecule has 0 fully saturated rings. The molecule has 0 spiro atoms. The van der Waals surface area contributed by atoms with Crippen molar-refractivity contribution in [3.8, 4) is 0 Å². The zero-order valence-corrected chi connectivity index (χ0v) is 9.48. The predicted molar refractivity (Wildman–Crippen MR) is 64.7 cm³/mol. The number of benzene rings is 2. The van der Waals surface area contributed by atoms with Crippen molar-refractivity contribution in [2.75, 3.05) is 0 Å². The Labute approximate surface area is 97.2 Å². The van der Waals surface area contributed by atoms with Gasteiger partial charge >= 0.3 is 0 Å². The summed E-state index contributed by atoms with van der Waals surface area (Å²) in [5.74, 6) is 0. The van der Waals surface area contributed by atoms with Crippen molar-refractivity contribution >= 4 is 11.1 Å². The van der Waals surface area contributed by atoms with Crippen molar-refractivity contribution in [2.45, 2.75) is 11.3 Å². The van der Waals surface area contributed by atoms with Crippen LogP contribution in [0.3, 0.4) is 0 Å². The van der Waals surface area contributed by atoms with Gasteiger partial charge in [0.25, 0.3) is 0 Å². The summed E-state index contributed by atoms with van der Waals surface area (Å²) in [6.07, 6.45) is 0.684. The Morgan fingerprint density at radius 1 is 0.938 bits per heavy atom. The van der Waals surface area contributed by atoms with Crippen LogP contribution in [0.5, 0.6) is 0 Å². The van der Waals surface area contributed by atoms with E-state index in [9.17, 15) is 4.21 Å². The van der Waals surface area contributed by atoms with Crippen molar-refractivity contribution in [1.82, 2.24) is 0 Å². The summed E-state index contributed by atoms with van der Waals surface area (Å²) >= 11 is -1.91. The van der Waals surface area contributed by atoms with E-state index in [1.807, 2.05) is 42.5 Å². The molecule has 1 atom stereocenters. The van der Waals surface area contributed by atoms with Crippen LogP contribution in [0, 0.1) is 0 Å². The molecular formula is C13H12O2S. The van der Waals surface area contributed by atoms with E-state index in [0.717, 1.165) is 11.1 Å². The van der Waals surface area contributed by atoms with E-state index in [0.29, 0.717) is 11.3 Å². The molecule has 0 saturated heterocycles. The second kappa shape index (κ2) is 5.05. The van der Waals surface area contributed by atoms with Crippen molar-refractivity contribution in [3.63, 3.8) is 0 Å². The quantitative estimate of drug-likeness (QED) is 0.826. The van der Waals surface area contributed by atoms with Gasteiger partial charge in [-0.2, -0.15) is 0 Å². The molecule has 2 aromatic carbocycles. The molecule has 0 aromatic heterocycles. The van der Waals surface area contributed by atoms with Crippen LogP contribution in [0.4, 0.5) is 0 Å². The van der Waals surface area contributed by atoms with Gasteiger partial charge < -0.3 is 4.55 Å². The molecule has 1 N–H and O–H groups in total. The predicted octanol–water partition coefficient (Wildman–Crippen LogP) is 2.86. The maximum absolute atomic E-state index is 11.1. The van der Waals surface area contributed by atoms with E-state index in [1.165, 1.54) is 0 Å². The van der Waals surface area contributed by atoms with E-state index in [-0.39, 0.29) is 0 Å². The van der Waals surface area contributed by atoms with Crippen molar-refractivity contribution < 1.29 is 8.76 Å². The third-order valence-corrected chi connectivity index (χ3v) is 3.17. The monoisotopic (exact) mass is 232 g/mol. The van der Waals surface area contributed by atoms with E-state index < -0.39 is 11.1 Å². The number of rotatable bonds is 3. The lowest BCUT2D eigenvalue weighted by Gasteiger charge is -2.05. The molecule has 82 valence electrons. The van der Waals surface area contributed by atoms with E-state index >= 15 is 0 Å². The first kappa shape index (κ1) is 11.0. The molecule has 0 heterocycles. The van der Waals surface area contributed by atoms with Gasteiger partial charge in [-0.05, 0) is 23.6 Å². The molecule has 2 aromatic rings. The van der Waals surface area contributed by atoms with Gasteiger partial charge in [0.05, 0.1) is 4.90 Å². The third kappa shape index (κ3) is 2.56. The highest BCUT2D eigenvalue weighted by Crippen LogP contribution is 2.16. The second-order valence-corrected chi connectivity index (χ2v) is 4.46. The van der Waals surface area contributed by atoms with Gasteiger partial charge in [0.15, 0.2) is 11.1 Å². The molecule has 0 aliphatic heterocycles. The topological polar surface area (TPSA) is 37.3 Å². The summed E-state index contributed by atoms with van der Waals surface area (Å²) in [6.45, 7) is 0. The zero-order valence-electron chi connectivity index (χ0n) is 8.67. The van der Waals surface area contributed by atoms with Crippen LogP contribution in [-0.2, 0) is 17.5 Å². The molecule has 1 unspecified atom stereocenters. The fourth-order valence-corrected chi connectivity index (χ4v) is 2.20. The average molecular weight is 232 g/mol. The molecule has 0 saturated carbocycles. The highest BCUT2D eigenvalue weighted by Gasteiger charge is 2.06. The Hall–Kier alpha value is -1.45. The standard InChI is InChI=1S/C13H12O2S/c14-16(15)13-9-5-4-8-12(13)10-11-6-2-1-3-7-11/h1-9H,10H2,(H,14,15). The summed E-state index contributed by atoms with van der Waals surface area (Å²) in [4.78, 5) is 0.492. The third-order valence-electron chi connectivity index (χ3n) is 2.40. The number of hydrogen-bond acceptors (Lipinski definition) is 1.